The topological polar surface area (TPSA) is 70.6 Å². The highest BCUT2D eigenvalue weighted by Gasteiger charge is 2.19. The van der Waals surface area contributed by atoms with E-state index in [0.29, 0.717) is 24.5 Å². The van der Waals surface area contributed by atoms with Gasteiger partial charge in [0.2, 0.25) is 0 Å². The summed E-state index contributed by atoms with van der Waals surface area (Å²) in [5, 5.41) is 16.4. The summed E-state index contributed by atoms with van der Waals surface area (Å²) in [7, 11) is 1.94. The summed E-state index contributed by atoms with van der Waals surface area (Å²) in [6.07, 6.45) is 3.35. The minimum absolute atomic E-state index is 0.322. The van der Waals surface area contributed by atoms with E-state index in [1.165, 1.54) is 17.7 Å². The van der Waals surface area contributed by atoms with Crippen LogP contribution in [0.5, 0.6) is 5.75 Å². The Labute approximate surface area is 237 Å². The second-order valence-corrected chi connectivity index (χ2v) is 10.1. The number of nitrogens with one attached hydrogen (secondary N) is 2. The lowest BCUT2D eigenvalue weighted by atomic mass is 9.93. The molecule has 1 aliphatic rings. The Hall–Kier alpha value is -2.71. The number of likely N-dealkylation sites (N-methyl/N-ethyl adjacent to an activating group) is 1. The number of hydrogen-bond acceptors (Lipinski definition) is 4. The van der Waals surface area contributed by atoms with Crippen molar-refractivity contribution in [1.82, 2.24) is 10.6 Å². The van der Waals surface area contributed by atoms with Gasteiger partial charge in [0.05, 0.1) is 16.7 Å². The Kier molecular flexibility index (Phi) is 12.3. The maximum Gasteiger partial charge on any atom is 0.333 e. The van der Waals surface area contributed by atoms with E-state index in [4.69, 9.17) is 16.3 Å². The number of aliphatic carboxylic acids is 1. The monoisotopic (exact) mass is 602 g/mol. The zero-order valence-corrected chi connectivity index (χ0v) is 23.7. The number of hydrogen-bond donors (Lipinski definition) is 3. The molecule has 0 bridgehead atoms. The van der Waals surface area contributed by atoms with Crippen LogP contribution in [0.3, 0.4) is 0 Å². The van der Waals surface area contributed by atoms with Gasteiger partial charge in [-0.15, -0.1) is 0 Å². The summed E-state index contributed by atoms with van der Waals surface area (Å²) in [4.78, 5) is 11.4. The number of aryl methyl sites for hydroxylation is 1. The Bertz CT molecular complexity index is 1230. The molecule has 4 rings (SSSR count). The third-order valence-corrected chi connectivity index (χ3v) is 7.17. The van der Waals surface area contributed by atoms with Crippen LogP contribution in [-0.2, 0) is 17.6 Å². The van der Waals surface area contributed by atoms with Gasteiger partial charge in [-0.05, 0) is 102 Å². The standard InChI is InChI=1S/C21H21BrFNO3.C9H12ClN/c22-19-8-7-16(23)12-20(19)27-11-1-2-14-3-5-15(6-4-14)17-9-10-24-13-18(17)21(25)26;1-11-7-6-8-4-2-3-5-9(8)10/h3-8,12,24H,1-2,9-11,13H2,(H,25,26);2-5,11H,6-7H2,1H3. The molecule has 3 aromatic rings. The molecule has 1 heterocycles. The van der Waals surface area contributed by atoms with Crippen LogP contribution in [0.4, 0.5) is 4.39 Å². The minimum atomic E-state index is -0.859. The van der Waals surface area contributed by atoms with Gasteiger partial charge in [0.1, 0.15) is 11.6 Å². The number of carboxylic acids is 1. The molecule has 38 heavy (non-hydrogen) atoms. The van der Waals surface area contributed by atoms with Gasteiger partial charge in [-0.3, -0.25) is 0 Å². The van der Waals surface area contributed by atoms with Crippen molar-refractivity contribution in [2.24, 2.45) is 0 Å². The molecule has 0 radical (unpaired) electrons. The Balaban J connectivity index is 0.000000304. The van der Waals surface area contributed by atoms with E-state index in [-0.39, 0.29) is 5.82 Å². The first-order chi connectivity index (χ1) is 18.4. The SMILES string of the molecule is CNCCc1ccccc1Cl.O=C(O)C1=C(c2ccc(CCCOc3cc(F)ccc3Br)cc2)CCNC1. The zero-order valence-electron chi connectivity index (χ0n) is 21.4. The fourth-order valence-electron chi connectivity index (χ4n) is 4.09. The van der Waals surface area contributed by atoms with Crippen molar-refractivity contribution in [3.05, 3.63) is 104 Å². The number of halogens is 3. The molecule has 0 aromatic heterocycles. The first-order valence-electron chi connectivity index (χ1n) is 12.6. The van der Waals surface area contributed by atoms with Crippen molar-refractivity contribution < 1.29 is 19.0 Å². The lowest BCUT2D eigenvalue weighted by Gasteiger charge is -2.19. The molecule has 0 amide bonds. The average molecular weight is 604 g/mol. The van der Waals surface area contributed by atoms with E-state index < -0.39 is 5.97 Å². The molecule has 0 fully saturated rings. The molecule has 0 saturated heterocycles. The Morgan fingerprint density at radius 1 is 1.13 bits per heavy atom. The number of rotatable bonds is 10. The van der Waals surface area contributed by atoms with Crippen molar-refractivity contribution in [1.29, 1.82) is 0 Å². The van der Waals surface area contributed by atoms with Crippen LogP contribution in [0.25, 0.3) is 5.57 Å². The second kappa shape index (κ2) is 15.6. The number of carbonyl (C=O) groups is 1. The van der Waals surface area contributed by atoms with Gasteiger partial charge in [0.15, 0.2) is 0 Å². The van der Waals surface area contributed by atoms with Crippen molar-refractivity contribution in [3.63, 3.8) is 0 Å². The average Bonchev–Trinajstić information content (AvgIpc) is 2.93. The molecule has 0 aliphatic carbocycles. The molecular formula is C30H33BrClFN2O3. The third-order valence-electron chi connectivity index (χ3n) is 6.14. The highest BCUT2D eigenvalue weighted by molar-refractivity contribution is 9.10. The van der Waals surface area contributed by atoms with Crippen LogP contribution in [0, 0.1) is 5.82 Å². The van der Waals surface area contributed by atoms with E-state index in [1.807, 2.05) is 49.5 Å². The highest BCUT2D eigenvalue weighted by Crippen LogP contribution is 2.27. The molecule has 0 unspecified atom stereocenters. The van der Waals surface area contributed by atoms with Crippen molar-refractivity contribution in [2.45, 2.75) is 25.7 Å². The molecule has 0 saturated carbocycles. The van der Waals surface area contributed by atoms with Crippen LogP contribution in [-0.4, -0.2) is 44.4 Å². The summed E-state index contributed by atoms with van der Waals surface area (Å²) < 4.78 is 19.6. The molecule has 1 aliphatic heterocycles. The third kappa shape index (κ3) is 9.24. The summed E-state index contributed by atoms with van der Waals surface area (Å²) in [5.41, 5.74) is 4.70. The summed E-state index contributed by atoms with van der Waals surface area (Å²) >= 11 is 9.28. The van der Waals surface area contributed by atoms with E-state index in [0.717, 1.165) is 65.0 Å². The Morgan fingerprint density at radius 2 is 1.89 bits per heavy atom. The van der Waals surface area contributed by atoms with Gasteiger partial charge < -0.3 is 20.5 Å². The van der Waals surface area contributed by atoms with Gasteiger partial charge in [-0.1, -0.05) is 54.1 Å². The van der Waals surface area contributed by atoms with E-state index in [1.54, 1.807) is 6.07 Å². The number of benzene rings is 3. The van der Waals surface area contributed by atoms with Gasteiger partial charge >= 0.3 is 5.97 Å². The maximum absolute atomic E-state index is 13.2. The molecule has 3 aromatic carbocycles. The van der Waals surface area contributed by atoms with Crippen molar-refractivity contribution in [2.75, 3.05) is 33.3 Å². The van der Waals surface area contributed by atoms with Gasteiger partial charge in [0.25, 0.3) is 0 Å². The van der Waals surface area contributed by atoms with Crippen LogP contribution in [0.2, 0.25) is 5.02 Å². The summed E-state index contributed by atoms with van der Waals surface area (Å²) in [5.74, 6) is -0.678. The van der Waals surface area contributed by atoms with E-state index in [9.17, 15) is 14.3 Å². The normalized spacial score (nSPS) is 13.1. The predicted molar refractivity (Wildman–Crippen MR) is 155 cm³/mol. The van der Waals surface area contributed by atoms with Crippen LogP contribution < -0.4 is 15.4 Å². The maximum atomic E-state index is 13.2. The van der Waals surface area contributed by atoms with Crippen LogP contribution in [0.1, 0.15) is 29.5 Å². The van der Waals surface area contributed by atoms with E-state index in [2.05, 4.69) is 32.6 Å². The smallest absolute Gasteiger partial charge is 0.333 e. The predicted octanol–water partition coefficient (Wildman–Crippen LogP) is 6.53. The van der Waals surface area contributed by atoms with Crippen LogP contribution >= 0.6 is 27.5 Å². The summed E-state index contributed by atoms with van der Waals surface area (Å²) in [6, 6.07) is 20.4. The van der Waals surface area contributed by atoms with Gasteiger partial charge in [0, 0.05) is 17.6 Å². The number of carboxylic acid groups (broad SMARTS) is 1. The zero-order chi connectivity index (χ0) is 27.3. The van der Waals surface area contributed by atoms with Gasteiger partial charge in [-0.25, -0.2) is 9.18 Å². The molecule has 0 spiro atoms. The highest BCUT2D eigenvalue weighted by atomic mass is 79.9. The molecular weight excluding hydrogens is 571 g/mol. The molecule has 8 heteroatoms. The fourth-order valence-corrected chi connectivity index (χ4v) is 4.68. The summed E-state index contributed by atoms with van der Waals surface area (Å²) in [6.45, 7) is 2.66. The largest absolute Gasteiger partial charge is 0.492 e. The van der Waals surface area contributed by atoms with Gasteiger partial charge in [-0.2, -0.15) is 0 Å². The quantitative estimate of drug-likeness (QED) is 0.230. The van der Waals surface area contributed by atoms with Crippen molar-refractivity contribution in [3.8, 4) is 5.75 Å². The van der Waals surface area contributed by atoms with Crippen LogP contribution in [0.15, 0.2) is 76.8 Å². The minimum Gasteiger partial charge on any atom is -0.492 e. The first-order valence-corrected chi connectivity index (χ1v) is 13.8. The first kappa shape index (κ1) is 29.8. The second-order valence-electron chi connectivity index (χ2n) is 8.86. The number of ether oxygens (including phenoxy) is 1. The van der Waals surface area contributed by atoms with E-state index >= 15 is 0 Å². The Morgan fingerprint density at radius 3 is 2.61 bits per heavy atom. The lowest BCUT2D eigenvalue weighted by molar-refractivity contribution is -0.132. The molecule has 0 atom stereocenters. The lowest BCUT2D eigenvalue weighted by Crippen LogP contribution is -2.28. The fraction of sp³-hybridized carbons (Fsp3) is 0.300. The molecule has 3 N–H and O–H groups in total. The molecule has 202 valence electrons. The molecule has 5 nitrogen and oxygen atoms in total. The van der Waals surface area contributed by atoms with Crippen molar-refractivity contribution >= 4 is 39.1 Å².